The number of nitrogens with zero attached hydrogens (tertiary/aromatic N) is 1. The van der Waals surface area contributed by atoms with Crippen LogP contribution in [0, 0.1) is 0 Å². The van der Waals surface area contributed by atoms with Crippen LogP contribution in [0.4, 0.5) is 13.2 Å². The van der Waals surface area contributed by atoms with Gasteiger partial charge in [0.15, 0.2) is 0 Å². The molecule has 1 heterocycles. The fourth-order valence-electron chi connectivity index (χ4n) is 2.68. The summed E-state index contributed by atoms with van der Waals surface area (Å²) in [7, 11) is 0. The number of hydrogen-bond donors (Lipinski definition) is 2. The van der Waals surface area contributed by atoms with Crippen molar-refractivity contribution in [3.05, 3.63) is 80.7 Å². The molecule has 0 unspecified atom stereocenters. The lowest BCUT2D eigenvalue weighted by Crippen LogP contribution is -2.18. The standard InChI is InChI=1S/C21H16ClF3N2O5/c22-17-6-5-15(10-16(17)21(23,24)25)32-14-3-1-12(2-4-14)7-8-31-20-26-11-13(9-18(28)29)19(30)27-20/h1-6,10-11H,7-9H2,(H,28,29)(H,26,27,30). The Kier molecular flexibility index (Phi) is 7.04. The maximum Gasteiger partial charge on any atom is 0.417 e. The lowest BCUT2D eigenvalue weighted by molar-refractivity contribution is -0.138. The number of hydrogen-bond acceptors (Lipinski definition) is 5. The fraction of sp³-hybridized carbons (Fsp3) is 0.190. The first kappa shape index (κ1) is 23.1. The quantitative estimate of drug-likeness (QED) is 0.505. The van der Waals surface area contributed by atoms with Gasteiger partial charge < -0.3 is 19.6 Å². The van der Waals surface area contributed by atoms with Crippen LogP contribution in [0.5, 0.6) is 17.5 Å². The summed E-state index contributed by atoms with van der Waals surface area (Å²) in [4.78, 5) is 28.7. The maximum atomic E-state index is 13.0. The molecule has 2 N–H and O–H groups in total. The van der Waals surface area contributed by atoms with Gasteiger partial charge in [-0.3, -0.25) is 9.59 Å². The summed E-state index contributed by atoms with van der Waals surface area (Å²) in [5.41, 5.74) is -0.802. The largest absolute Gasteiger partial charge is 0.481 e. The highest BCUT2D eigenvalue weighted by molar-refractivity contribution is 6.31. The molecule has 0 spiro atoms. The van der Waals surface area contributed by atoms with Crippen LogP contribution in [-0.2, 0) is 23.8 Å². The van der Waals surface area contributed by atoms with E-state index in [1.54, 1.807) is 24.3 Å². The molecule has 11 heteroatoms. The van der Waals surface area contributed by atoms with Gasteiger partial charge in [0.1, 0.15) is 11.5 Å². The molecular weight excluding hydrogens is 453 g/mol. The number of rotatable bonds is 8. The van der Waals surface area contributed by atoms with Crippen molar-refractivity contribution in [3.8, 4) is 17.5 Å². The molecule has 0 atom stereocenters. The second-order valence-electron chi connectivity index (χ2n) is 6.59. The number of carboxylic acids is 1. The number of halogens is 4. The lowest BCUT2D eigenvalue weighted by atomic mass is 10.1. The van der Waals surface area contributed by atoms with Gasteiger partial charge in [0.05, 0.1) is 23.6 Å². The molecule has 0 radical (unpaired) electrons. The van der Waals surface area contributed by atoms with Gasteiger partial charge in [0.2, 0.25) is 0 Å². The molecule has 0 aliphatic rings. The van der Waals surface area contributed by atoms with E-state index in [0.717, 1.165) is 17.7 Å². The summed E-state index contributed by atoms with van der Waals surface area (Å²) in [5, 5.41) is 8.30. The Hall–Kier alpha value is -3.53. The minimum absolute atomic E-state index is 0.000757. The first-order valence-corrected chi connectivity index (χ1v) is 9.56. The third-order valence-corrected chi connectivity index (χ3v) is 4.55. The highest BCUT2D eigenvalue weighted by Crippen LogP contribution is 2.37. The SMILES string of the molecule is O=C(O)Cc1c[nH]c(OCCc2ccc(Oc3ccc(Cl)c(C(F)(F)F)c3)cc2)nc1=O. The topological polar surface area (TPSA) is 102 Å². The molecule has 0 fully saturated rings. The van der Waals surface area contributed by atoms with Gasteiger partial charge in [0.25, 0.3) is 11.6 Å². The van der Waals surface area contributed by atoms with Gasteiger partial charge in [-0.1, -0.05) is 23.7 Å². The maximum absolute atomic E-state index is 13.0. The molecule has 0 amide bonds. The molecule has 1 aromatic heterocycles. The molecule has 168 valence electrons. The molecule has 3 rings (SSSR count). The number of aliphatic carboxylic acids is 1. The van der Waals surface area contributed by atoms with Gasteiger partial charge in [-0.15, -0.1) is 0 Å². The van der Waals surface area contributed by atoms with E-state index in [4.69, 9.17) is 26.2 Å². The Balaban J connectivity index is 1.56. The Morgan fingerprint density at radius 1 is 1.12 bits per heavy atom. The van der Waals surface area contributed by atoms with Gasteiger partial charge in [0, 0.05) is 18.2 Å². The van der Waals surface area contributed by atoms with Crippen LogP contribution in [0.15, 0.2) is 53.5 Å². The van der Waals surface area contributed by atoms with Crippen molar-refractivity contribution in [2.75, 3.05) is 6.61 Å². The van der Waals surface area contributed by atoms with E-state index in [-0.39, 0.29) is 23.9 Å². The zero-order valence-corrected chi connectivity index (χ0v) is 17.0. The van der Waals surface area contributed by atoms with E-state index < -0.39 is 34.7 Å². The summed E-state index contributed by atoms with van der Waals surface area (Å²) in [6.45, 7) is 0.174. The number of carbonyl (C=O) groups is 1. The predicted molar refractivity (Wildman–Crippen MR) is 108 cm³/mol. The van der Waals surface area contributed by atoms with Crippen LogP contribution in [0.25, 0.3) is 0 Å². The Labute approximate surface area is 184 Å². The number of carboxylic acid groups (broad SMARTS) is 1. The van der Waals surface area contributed by atoms with Crippen molar-refractivity contribution in [2.45, 2.75) is 19.0 Å². The van der Waals surface area contributed by atoms with Crippen LogP contribution in [0.1, 0.15) is 16.7 Å². The van der Waals surface area contributed by atoms with Crippen molar-refractivity contribution < 1.29 is 32.5 Å². The van der Waals surface area contributed by atoms with Gasteiger partial charge in [-0.2, -0.15) is 18.2 Å². The van der Waals surface area contributed by atoms with E-state index in [1.165, 1.54) is 12.3 Å². The van der Waals surface area contributed by atoms with Gasteiger partial charge in [-0.25, -0.2) is 0 Å². The molecular formula is C21H16ClF3N2O5. The molecule has 32 heavy (non-hydrogen) atoms. The van der Waals surface area contributed by atoms with E-state index in [9.17, 15) is 22.8 Å². The van der Waals surface area contributed by atoms with Crippen LogP contribution in [0.2, 0.25) is 5.02 Å². The number of aromatic amines is 1. The van der Waals surface area contributed by atoms with E-state index in [0.29, 0.717) is 12.2 Å². The number of aromatic nitrogens is 2. The second kappa shape index (κ2) is 9.73. The average molecular weight is 469 g/mol. The van der Waals surface area contributed by atoms with Crippen LogP contribution in [0.3, 0.4) is 0 Å². The summed E-state index contributed by atoms with van der Waals surface area (Å²) in [6, 6.07) is 9.88. The molecule has 0 aliphatic heterocycles. The minimum Gasteiger partial charge on any atom is -0.481 e. The van der Waals surface area contributed by atoms with Crippen molar-refractivity contribution in [1.29, 1.82) is 0 Å². The Morgan fingerprint density at radius 2 is 1.81 bits per heavy atom. The summed E-state index contributed by atoms with van der Waals surface area (Å²) < 4.78 is 49.7. The number of H-pyrrole nitrogens is 1. The van der Waals surface area contributed by atoms with E-state index >= 15 is 0 Å². The molecule has 0 aliphatic carbocycles. The van der Waals surface area contributed by atoms with E-state index in [2.05, 4.69) is 9.97 Å². The van der Waals surface area contributed by atoms with Crippen LogP contribution < -0.4 is 15.0 Å². The summed E-state index contributed by atoms with van der Waals surface area (Å²) in [5.74, 6) is -0.806. The first-order valence-electron chi connectivity index (χ1n) is 9.18. The van der Waals surface area contributed by atoms with Crippen molar-refractivity contribution >= 4 is 17.6 Å². The van der Waals surface area contributed by atoms with Gasteiger partial charge in [-0.05, 0) is 35.9 Å². The van der Waals surface area contributed by atoms with Crippen molar-refractivity contribution in [3.63, 3.8) is 0 Å². The monoisotopic (exact) mass is 468 g/mol. The average Bonchev–Trinajstić information content (AvgIpc) is 2.71. The molecule has 0 bridgehead atoms. The number of benzene rings is 2. The summed E-state index contributed by atoms with van der Waals surface area (Å²) in [6.07, 6.45) is -3.34. The van der Waals surface area contributed by atoms with Crippen LogP contribution >= 0.6 is 11.6 Å². The van der Waals surface area contributed by atoms with Crippen LogP contribution in [-0.4, -0.2) is 27.7 Å². The first-order chi connectivity index (χ1) is 15.1. The van der Waals surface area contributed by atoms with E-state index in [1.807, 2.05) is 0 Å². The third kappa shape index (κ3) is 6.24. The zero-order valence-electron chi connectivity index (χ0n) is 16.3. The summed E-state index contributed by atoms with van der Waals surface area (Å²) >= 11 is 5.60. The Morgan fingerprint density at radius 3 is 2.44 bits per heavy atom. The third-order valence-electron chi connectivity index (χ3n) is 4.22. The highest BCUT2D eigenvalue weighted by Gasteiger charge is 2.33. The molecule has 7 nitrogen and oxygen atoms in total. The molecule has 0 saturated carbocycles. The number of nitrogens with one attached hydrogen (secondary N) is 1. The lowest BCUT2D eigenvalue weighted by Gasteiger charge is -2.12. The predicted octanol–water partition coefficient (Wildman–Crippen LogP) is 4.48. The number of alkyl halides is 3. The molecule has 2 aromatic carbocycles. The van der Waals surface area contributed by atoms with Crippen molar-refractivity contribution in [1.82, 2.24) is 9.97 Å². The van der Waals surface area contributed by atoms with Crippen molar-refractivity contribution in [2.24, 2.45) is 0 Å². The fourth-order valence-corrected chi connectivity index (χ4v) is 2.91. The minimum atomic E-state index is -4.59. The Bertz CT molecular complexity index is 1160. The van der Waals surface area contributed by atoms with Gasteiger partial charge >= 0.3 is 12.1 Å². The second-order valence-corrected chi connectivity index (χ2v) is 7.00. The molecule has 3 aromatic rings. The number of ether oxygens (including phenoxy) is 2. The normalized spacial score (nSPS) is 11.2. The zero-order chi connectivity index (χ0) is 23.3. The smallest absolute Gasteiger partial charge is 0.417 e. The molecule has 0 saturated heterocycles. The highest BCUT2D eigenvalue weighted by atomic mass is 35.5.